The lowest BCUT2D eigenvalue weighted by Gasteiger charge is -2.11. The Morgan fingerprint density at radius 3 is 2.38 bits per heavy atom. The number of ether oxygens (including phenoxy) is 1. The van der Waals surface area contributed by atoms with Crippen molar-refractivity contribution in [3.8, 4) is 5.75 Å². The number of carbonyl (C=O) groups excluding carboxylic acids is 2. The quantitative estimate of drug-likeness (QED) is 0.546. The zero-order valence-corrected chi connectivity index (χ0v) is 17.2. The molecule has 0 fully saturated rings. The molecule has 0 aliphatic heterocycles. The third-order valence-corrected chi connectivity index (χ3v) is 5.20. The molecule has 0 aromatic heterocycles. The Bertz CT molecular complexity index is 943. The summed E-state index contributed by atoms with van der Waals surface area (Å²) in [6, 6.07) is 12.1. The molecule has 0 radical (unpaired) electrons. The van der Waals surface area contributed by atoms with Crippen LogP contribution in [-0.2, 0) is 14.8 Å². The van der Waals surface area contributed by atoms with E-state index in [1.54, 1.807) is 18.2 Å². The van der Waals surface area contributed by atoms with Gasteiger partial charge in [-0.25, -0.2) is 8.42 Å². The standard InChI is InChI=1S/C20H25N3O5S/c1-3-12-21-19(24)14-22-20(25)15-6-5-7-16(13-15)23-29(26,27)18-10-8-17(9-11-18)28-4-2/h5-11,13,23H,3-4,12,14H2,1-2H3,(H,21,24)(H,22,25). The lowest BCUT2D eigenvalue weighted by molar-refractivity contribution is -0.120. The van der Waals surface area contributed by atoms with E-state index < -0.39 is 15.9 Å². The molecule has 2 aromatic carbocycles. The summed E-state index contributed by atoms with van der Waals surface area (Å²) in [4.78, 5) is 23.9. The second-order valence-corrected chi connectivity index (χ2v) is 7.81. The first kappa shape index (κ1) is 22.2. The SMILES string of the molecule is CCCNC(=O)CNC(=O)c1cccc(NS(=O)(=O)c2ccc(OCC)cc2)c1. The van der Waals surface area contributed by atoms with Crippen LogP contribution in [-0.4, -0.2) is 39.9 Å². The number of sulfonamides is 1. The first-order valence-electron chi connectivity index (χ1n) is 9.26. The molecule has 0 aliphatic carbocycles. The van der Waals surface area contributed by atoms with Crippen molar-refractivity contribution >= 4 is 27.5 Å². The van der Waals surface area contributed by atoms with Gasteiger partial charge in [-0.3, -0.25) is 14.3 Å². The van der Waals surface area contributed by atoms with Gasteiger partial charge in [-0.1, -0.05) is 13.0 Å². The number of carbonyl (C=O) groups is 2. The predicted octanol–water partition coefficient (Wildman–Crippen LogP) is 2.14. The summed E-state index contributed by atoms with van der Waals surface area (Å²) in [5.41, 5.74) is 0.474. The average molecular weight is 420 g/mol. The fourth-order valence-electron chi connectivity index (χ4n) is 2.41. The van der Waals surface area contributed by atoms with Crippen molar-refractivity contribution in [2.24, 2.45) is 0 Å². The summed E-state index contributed by atoms with van der Waals surface area (Å²) in [6.07, 6.45) is 0.802. The molecule has 0 heterocycles. The molecule has 2 amide bonds. The monoisotopic (exact) mass is 419 g/mol. The van der Waals surface area contributed by atoms with E-state index in [2.05, 4.69) is 15.4 Å². The number of nitrogens with one attached hydrogen (secondary N) is 3. The van der Waals surface area contributed by atoms with Crippen molar-refractivity contribution in [3.05, 3.63) is 54.1 Å². The fourth-order valence-corrected chi connectivity index (χ4v) is 3.46. The summed E-state index contributed by atoms with van der Waals surface area (Å²) in [6.45, 7) is 4.64. The molecule has 0 saturated heterocycles. The van der Waals surface area contributed by atoms with Gasteiger partial charge in [-0.2, -0.15) is 0 Å². The largest absolute Gasteiger partial charge is 0.494 e. The molecule has 0 aliphatic rings. The second kappa shape index (κ2) is 10.5. The smallest absolute Gasteiger partial charge is 0.261 e. The lowest BCUT2D eigenvalue weighted by atomic mass is 10.2. The normalized spacial score (nSPS) is 10.8. The van der Waals surface area contributed by atoms with E-state index in [0.717, 1.165) is 6.42 Å². The molecule has 8 nitrogen and oxygen atoms in total. The van der Waals surface area contributed by atoms with Gasteiger partial charge in [0.25, 0.3) is 15.9 Å². The van der Waals surface area contributed by atoms with E-state index in [4.69, 9.17) is 4.74 Å². The number of hydrogen-bond donors (Lipinski definition) is 3. The van der Waals surface area contributed by atoms with Gasteiger partial charge in [0, 0.05) is 17.8 Å². The number of benzene rings is 2. The van der Waals surface area contributed by atoms with Crippen molar-refractivity contribution in [2.45, 2.75) is 25.2 Å². The number of anilines is 1. The van der Waals surface area contributed by atoms with Gasteiger partial charge in [0.15, 0.2) is 0 Å². The molecule has 2 aromatic rings. The zero-order valence-electron chi connectivity index (χ0n) is 16.4. The Labute approximate surface area is 170 Å². The van der Waals surface area contributed by atoms with E-state index in [1.165, 1.54) is 30.3 Å². The molecule has 0 atom stereocenters. The van der Waals surface area contributed by atoms with Crippen molar-refractivity contribution in [2.75, 3.05) is 24.4 Å². The molecule has 0 bridgehead atoms. The highest BCUT2D eigenvalue weighted by Gasteiger charge is 2.15. The summed E-state index contributed by atoms with van der Waals surface area (Å²) in [5.74, 6) is -0.181. The first-order chi connectivity index (χ1) is 13.9. The van der Waals surface area contributed by atoms with Crippen LogP contribution in [0.3, 0.4) is 0 Å². The highest BCUT2D eigenvalue weighted by atomic mass is 32.2. The van der Waals surface area contributed by atoms with Crippen LogP contribution in [0.4, 0.5) is 5.69 Å². The molecule has 9 heteroatoms. The Kier molecular flexibility index (Phi) is 8.02. The van der Waals surface area contributed by atoms with Gasteiger partial charge in [-0.05, 0) is 55.8 Å². The maximum atomic E-state index is 12.6. The molecule has 0 spiro atoms. The molecular weight excluding hydrogens is 394 g/mol. The van der Waals surface area contributed by atoms with Crippen LogP contribution in [0, 0.1) is 0 Å². The molecule has 3 N–H and O–H groups in total. The Hall–Kier alpha value is -3.07. The summed E-state index contributed by atoms with van der Waals surface area (Å²) >= 11 is 0. The van der Waals surface area contributed by atoms with Crippen molar-refractivity contribution in [3.63, 3.8) is 0 Å². The Morgan fingerprint density at radius 2 is 1.72 bits per heavy atom. The highest BCUT2D eigenvalue weighted by molar-refractivity contribution is 7.92. The maximum absolute atomic E-state index is 12.6. The summed E-state index contributed by atoms with van der Waals surface area (Å²) in [7, 11) is -3.82. The zero-order chi connectivity index (χ0) is 21.3. The third-order valence-electron chi connectivity index (χ3n) is 3.80. The van der Waals surface area contributed by atoms with Gasteiger partial charge in [0.1, 0.15) is 5.75 Å². The Morgan fingerprint density at radius 1 is 1.00 bits per heavy atom. The Balaban J connectivity index is 2.04. The van der Waals surface area contributed by atoms with Gasteiger partial charge in [0.2, 0.25) is 5.91 Å². The number of amides is 2. The average Bonchev–Trinajstić information content (AvgIpc) is 2.71. The third kappa shape index (κ3) is 6.79. The minimum Gasteiger partial charge on any atom is -0.494 e. The predicted molar refractivity (Wildman–Crippen MR) is 110 cm³/mol. The second-order valence-electron chi connectivity index (χ2n) is 6.12. The van der Waals surface area contributed by atoms with Gasteiger partial charge in [0.05, 0.1) is 18.0 Å². The first-order valence-corrected chi connectivity index (χ1v) is 10.7. The minimum absolute atomic E-state index is 0.0726. The summed E-state index contributed by atoms with van der Waals surface area (Å²) in [5, 5.41) is 5.16. The van der Waals surface area contributed by atoms with E-state index in [-0.39, 0.29) is 28.6 Å². The van der Waals surface area contributed by atoms with E-state index in [1.807, 2.05) is 13.8 Å². The van der Waals surface area contributed by atoms with Crippen LogP contribution in [0.15, 0.2) is 53.4 Å². The lowest BCUT2D eigenvalue weighted by Crippen LogP contribution is -2.37. The van der Waals surface area contributed by atoms with Crippen molar-refractivity contribution in [1.82, 2.24) is 10.6 Å². The van der Waals surface area contributed by atoms with E-state index in [0.29, 0.717) is 18.9 Å². The van der Waals surface area contributed by atoms with E-state index in [9.17, 15) is 18.0 Å². The minimum atomic E-state index is -3.82. The van der Waals surface area contributed by atoms with Crippen LogP contribution >= 0.6 is 0 Å². The van der Waals surface area contributed by atoms with Gasteiger partial charge >= 0.3 is 0 Å². The van der Waals surface area contributed by atoms with Crippen LogP contribution in [0.1, 0.15) is 30.6 Å². The van der Waals surface area contributed by atoms with Crippen molar-refractivity contribution < 1.29 is 22.7 Å². The fraction of sp³-hybridized carbons (Fsp3) is 0.300. The molecular formula is C20H25N3O5S. The molecule has 0 unspecified atom stereocenters. The van der Waals surface area contributed by atoms with Gasteiger partial charge < -0.3 is 15.4 Å². The summed E-state index contributed by atoms with van der Waals surface area (Å²) < 4.78 is 32.9. The molecule has 29 heavy (non-hydrogen) atoms. The van der Waals surface area contributed by atoms with E-state index >= 15 is 0 Å². The molecule has 2 rings (SSSR count). The van der Waals surface area contributed by atoms with Crippen LogP contribution in [0.2, 0.25) is 0 Å². The van der Waals surface area contributed by atoms with Crippen LogP contribution in [0.5, 0.6) is 5.75 Å². The number of hydrogen-bond acceptors (Lipinski definition) is 5. The van der Waals surface area contributed by atoms with Crippen LogP contribution < -0.4 is 20.1 Å². The molecule has 156 valence electrons. The molecule has 0 saturated carbocycles. The highest BCUT2D eigenvalue weighted by Crippen LogP contribution is 2.20. The topological polar surface area (TPSA) is 114 Å². The maximum Gasteiger partial charge on any atom is 0.261 e. The van der Waals surface area contributed by atoms with Crippen LogP contribution in [0.25, 0.3) is 0 Å². The number of rotatable bonds is 10. The van der Waals surface area contributed by atoms with Crippen molar-refractivity contribution in [1.29, 1.82) is 0 Å². The van der Waals surface area contributed by atoms with Gasteiger partial charge in [-0.15, -0.1) is 0 Å².